The number of carbonyl (C=O) groups excluding carboxylic acids is 4. The molecular weight excluding hydrogens is 448 g/mol. The molecule has 0 aromatic heterocycles. The van der Waals surface area contributed by atoms with Gasteiger partial charge in [0.1, 0.15) is 12.4 Å². The molecule has 0 radical (unpaired) electrons. The molecule has 1 aliphatic heterocycles. The second-order valence-corrected chi connectivity index (χ2v) is 7.60. The molecule has 8 nitrogen and oxygen atoms in total. The van der Waals surface area contributed by atoms with Gasteiger partial charge in [-0.15, -0.1) is 0 Å². The van der Waals surface area contributed by atoms with Gasteiger partial charge in [-0.25, -0.2) is 9.69 Å². The van der Waals surface area contributed by atoms with E-state index in [9.17, 15) is 19.2 Å². The molecule has 0 spiro atoms. The lowest BCUT2D eigenvalue weighted by Gasteiger charge is -2.13. The van der Waals surface area contributed by atoms with Crippen molar-refractivity contribution in [2.75, 3.05) is 11.5 Å². The van der Waals surface area contributed by atoms with Gasteiger partial charge in [-0.1, -0.05) is 23.7 Å². The lowest BCUT2D eigenvalue weighted by molar-refractivity contribution is -0.119. The average molecular weight is 465 g/mol. The summed E-state index contributed by atoms with van der Waals surface area (Å²) in [4.78, 5) is 50.0. The van der Waals surface area contributed by atoms with Crippen molar-refractivity contribution < 1.29 is 28.7 Å². The maximum absolute atomic E-state index is 12.9. The minimum atomic E-state index is -0.661. The Bertz CT molecular complexity index is 1270. The maximum atomic E-state index is 12.9. The van der Waals surface area contributed by atoms with Crippen LogP contribution in [0.4, 0.5) is 5.69 Å². The van der Waals surface area contributed by atoms with Crippen LogP contribution in [-0.4, -0.2) is 30.3 Å². The minimum absolute atomic E-state index is 0.0620. The predicted molar refractivity (Wildman–Crippen MR) is 119 cm³/mol. The predicted octanol–water partition coefficient (Wildman–Crippen LogP) is 3.36. The van der Waals surface area contributed by atoms with Gasteiger partial charge in [0, 0.05) is 5.02 Å². The molecule has 0 saturated heterocycles. The van der Waals surface area contributed by atoms with E-state index in [1.807, 2.05) is 0 Å². The Labute approximate surface area is 193 Å². The van der Waals surface area contributed by atoms with Crippen molar-refractivity contribution in [2.24, 2.45) is 5.73 Å². The summed E-state index contributed by atoms with van der Waals surface area (Å²) in [5.74, 6) is -1.87. The van der Waals surface area contributed by atoms with Gasteiger partial charge in [0.2, 0.25) is 0 Å². The van der Waals surface area contributed by atoms with E-state index in [4.69, 9.17) is 26.8 Å². The van der Waals surface area contributed by atoms with Crippen LogP contribution in [-0.2, 0) is 16.1 Å². The Morgan fingerprint density at radius 3 is 2.36 bits per heavy atom. The molecule has 1 heterocycles. The lowest BCUT2D eigenvalue weighted by Crippen LogP contribution is -2.29. The van der Waals surface area contributed by atoms with E-state index >= 15 is 0 Å². The van der Waals surface area contributed by atoms with Crippen molar-refractivity contribution in [1.29, 1.82) is 0 Å². The molecular formula is C24H17ClN2O6. The number of benzene rings is 3. The molecule has 2 N–H and O–H groups in total. The van der Waals surface area contributed by atoms with Crippen LogP contribution < -0.4 is 15.4 Å². The number of rotatable bonds is 7. The molecule has 0 fully saturated rings. The molecule has 0 saturated carbocycles. The number of carbonyl (C=O) groups is 4. The number of primary amides is 1. The number of nitrogens with two attached hydrogens (primary N) is 1. The van der Waals surface area contributed by atoms with Crippen LogP contribution in [0, 0.1) is 0 Å². The van der Waals surface area contributed by atoms with Gasteiger partial charge in [-0.05, 0) is 60.2 Å². The Morgan fingerprint density at radius 1 is 0.909 bits per heavy atom. The monoisotopic (exact) mass is 464 g/mol. The first-order valence-electron chi connectivity index (χ1n) is 9.79. The Balaban J connectivity index is 1.47. The molecule has 0 bridgehead atoms. The molecule has 4 rings (SSSR count). The number of amides is 3. The number of hydrogen-bond donors (Lipinski definition) is 1. The van der Waals surface area contributed by atoms with E-state index in [0.717, 1.165) is 4.90 Å². The van der Waals surface area contributed by atoms with E-state index in [1.54, 1.807) is 48.5 Å². The highest BCUT2D eigenvalue weighted by Crippen LogP contribution is 2.30. The van der Waals surface area contributed by atoms with Gasteiger partial charge in [-0.2, -0.15) is 0 Å². The molecule has 3 aromatic carbocycles. The number of ether oxygens (including phenoxy) is 2. The summed E-state index contributed by atoms with van der Waals surface area (Å²) in [6.45, 7) is -0.328. The number of hydrogen-bond acceptors (Lipinski definition) is 6. The zero-order valence-electron chi connectivity index (χ0n) is 17.1. The summed E-state index contributed by atoms with van der Waals surface area (Å²) in [6.07, 6.45) is 0. The molecule has 33 heavy (non-hydrogen) atoms. The van der Waals surface area contributed by atoms with Gasteiger partial charge in [0.05, 0.1) is 22.4 Å². The lowest BCUT2D eigenvalue weighted by atomic mass is 10.1. The van der Waals surface area contributed by atoms with E-state index < -0.39 is 23.7 Å². The summed E-state index contributed by atoms with van der Waals surface area (Å²) in [6, 6.07) is 17.2. The molecule has 3 amide bonds. The zero-order valence-corrected chi connectivity index (χ0v) is 17.9. The number of anilines is 1. The van der Waals surface area contributed by atoms with E-state index in [1.165, 1.54) is 18.2 Å². The summed E-state index contributed by atoms with van der Waals surface area (Å²) in [5, 5.41) is 0.477. The highest BCUT2D eigenvalue weighted by Gasteiger charge is 2.37. The van der Waals surface area contributed by atoms with E-state index in [0.29, 0.717) is 22.0 Å². The van der Waals surface area contributed by atoms with Crippen LogP contribution in [0.15, 0.2) is 66.7 Å². The first-order chi connectivity index (χ1) is 15.8. The molecule has 0 aliphatic carbocycles. The third kappa shape index (κ3) is 4.70. The fourth-order valence-corrected chi connectivity index (χ4v) is 3.43. The topological polar surface area (TPSA) is 116 Å². The zero-order chi connectivity index (χ0) is 23.5. The number of fused-ring (bicyclic) bond motifs is 1. The van der Waals surface area contributed by atoms with Crippen LogP contribution >= 0.6 is 11.6 Å². The first kappa shape index (κ1) is 22.0. The number of halogens is 1. The van der Waals surface area contributed by atoms with Crippen LogP contribution in [0.1, 0.15) is 36.6 Å². The fraction of sp³-hybridized carbons (Fsp3) is 0.0833. The Kier molecular flexibility index (Phi) is 6.10. The van der Waals surface area contributed by atoms with Crippen molar-refractivity contribution in [3.63, 3.8) is 0 Å². The first-order valence-corrected chi connectivity index (χ1v) is 10.2. The summed E-state index contributed by atoms with van der Waals surface area (Å²) in [7, 11) is 0. The Morgan fingerprint density at radius 2 is 1.64 bits per heavy atom. The third-order valence-corrected chi connectivity index (χ3v) is 5.11. The number of imide groups is 1. The van der Waals surface area contributed by atoms with Crippen molar-refractivity contribution in [3.8, 4) is 5.75 Å². The van der Waals surface area contributed by atoms with Gasteiger partial charge in [0.15, 0.2) is 6.61 Å². The van der Waals surface area contributed by atoms with Crippen LogP contribution in [0.2, 0.25) is 5.02 Å². The van der Waals surface area contributed by atoms with E-state index in [2.05, 4.69) is 0 Å². The van der Waals surface area contributed by atoms with Crippen molar-refractivity contribution in [1.82, 2.24) is 0 Å². The number of nitrogens with zero attached hydrogens (tertiary/aromatic N) is 1. The maximum Gasteiger partial charge on any atom is 0.338 e. The highest BCUT2D eigenvalue weighted by atomic mass is 35.5. The van der Waals surface area contributed by atoms with Gasteiger partial charge >= 0.3 is 5.97 Å². The SMILES string of the molecule is NC(=O)COc1cccc(COC(=O)c2ccc3c(c2)C(=O)N(c2ccc(Cl)cc2)C3=O)c1. The molecule has 166 valence electrons. The summed E-state index contributed by atoms with van der Waals surface area (Å²) < 4.78 is 10.6. The largest absolute Gasteiger partial charge is 0.484 e. The second-order valence-electron chi connectivity index (χ2n) is 7.16. The normalized spacial score (nSPS) is 12.5. The minimum Gasteiger partial charge on any atom is -0.484 e. The van der Waals surface area contributed by atoms with Gasteiger partial charge < -0.3 is 15.2 Å². The second kappa shape index (κ2) is 9.13. The fourth-order valence-electron chi connectivity index (χ4n) is 3.30. The van der Waals surface area contributed by atoms with Crippen molar-refractivity contribution in [3.05, 3.63) is 94.0 Å². The standard InChI is InChI=1S/C24H17ClN2O6/c25-16-5-7-17(8-6-16)27-22(29)19-9-4-15(11-20(19)23(27)30)24(31)33-12-14-2-1-3-18(10-14)32-13-21(26)28/h1-11H,12-13H2,(H2,26,28). The summed E-state index contributed by atoms with van der Waals surface area (Å²) in [5.41, 5.74) is 6.52. The van der Waals surface area contributed by atoms with Crippen molar-refractivity contribution in [2.45, 2.75) is 6.61 Å². The highest BCUT2D eigenvalue weighted by molar-refractivity contribution is 6.35. The molecule has 0 unspecified atom stereocenters. The quantitative estimate of drug-likeness (QED) is 0.423. The molecule has 0 atom stereocenters. The molecule has 9 heteroatoms. The van der Waals surface area contributed by atoms with Gasteiger partial charge in [0.25, 0.3) is 17.7 Å². The van der Waals surface area contributed by atoms with E-state index in [-0.39, 0.29) is 29.9 Å². The Hall–Kier alpha value is -4.17. The third-order valence-electron chi connectivity index (χ3n) is 4.86. The number of esters is 1. The smallest absolute Gasteiger partial charge is 0.338 e. The van der Waals surface area contributed by atoms with Crippen molar-refractivity contribution >= 4 is 41.0 Å². The average Bonchev–Trinajstić information content (AvgIpc) is 3.06. The van der Waals surface area contributed by atoms with Crippen LogP contribution in [0.5, 0.6) is 5.75 Å². The van der Waals surface area contributed by atoms with Gasteiger partial charge in [-0.3, -0.25) is 14.4 Å². The molecule has 1 aliphatic rings. The van der Waals surface area contributed by atoms with Crippen LogP contribution in [0.3, 0.4) is 0 Å². The summed E-state index contributed by atoms with van der Waals surface area (Å²) >= 11 is 5.88. The molecule has 3 aromatic rings. The van der Waals surface area contributed by atoms with Crippen LogP contribution in [0.25, 0.3) is 0 Å².